The van der Waals surface area contributed by atoms with Gasteiger partial charge in [0.05, 0.1) is 6.20 Å². The Morgan fingerprint density at radius 3 is 2.87 bits per heavy atom. The number of nitrogens with zero attached hydrogens (tertiary/aromatic N) is 2. The molecule has 1 rings (SSSR count). The van der Waals surface area contributed by atoms with Crippen LogP contribution in [0.1, 0.15) is 23.8 Å². The standard InChI is InChI=1S/C8H13N5O2/c1-2-9-7(14)3-4-10-8(15)6-5-11-13-12-6/h5H,2-4H2,1H3,(H,9,14)(H,10,15)(H,11,12,13). The van der Waals surface area contributed by atoms with Crippen molar-refractivity contribution in [1.29, 1.82) is 0 Å². The second-order valence-electron chi connectivity index (χ2n) is 2.81. The highest BCUT2D eigenvalue weighted by molar-refractivity contribution is 5.92. The van der Waals surface area contributed by atoms with Gasteiger partial charge in [-0.3, -0.25) is 9.59 Å². The van der Waals surface area contributed by atoms with Gasteiger partial charge in [-0.25, -0.2) is 0 Å². The van der Waals surface area contributed by atoms with Crippen LogP contribution in [-0.2, 0) is 4.79 Å². The van der Waals surface area contributed by atoms with E-state index in [4.69, 9.17) is 0 Å². The number of rotatable bonds is 5. The average molecular weight is 211 g/mol. The first-order valence-corrected chi connectivity index (χ1v) is 4.64. The molecule has 0 radical (unpaired) electrons. The molecule has 7 nitrogen and oxygen atoms in total. The minimum Gasteiger partial charge on any atom is -0.356 e. The van der Waals surface area contributed by atoms with Crippen molar-refractivity contribution in [2.45, 2.75) is 13.3 Å². The molecule has 0 fully saturated rings. The summed E-state index contributed by atoms with van der Waals surface area (Å²) in [6.45, 7) is 2.72. The Labute approximate surface area is 86.6 Å². The number of amides is 2. The Bertz CT molecular complexity index is 322. The number of nitrogens with one attached hydrogen (secondary N) is 3. The SMILES string of the molecule is CCNC(=O)CCNC(=O)c1cn[nH]n1. The van der Waals surface area contributed by atoms with Crippen LogP contribution >= 0.6 is 0 Å². The van der Waals surface area contributed by atoms with Crippen molar-refractivity contribution in [3.63, 3.8) is 0 Å². The summed E-state index contributed by atoms with van der Waals surface area (Å²) in [5, 5.41) is 14.6. The zero-order valence-electron chi connectivity index (χ0n) is 8.41. The molecule has 1 aromatic rings. The number of aromatic nitrogens is 3. The molecule has 0 aliphatic carbocycles. The molecule has 0 aliphatic heterocycles. The molecule has 82 valence electrons. The number of carbonyl (C=O) groups excluding carboxylic acids is 2. The molecule has 0 atom stereocenters. The molecule has 2 amide bonds. The van der Waals surface area contributed by atoms with Gasteiger partial charge in [-0.05, 0) is 6.92 Å². The zero-order chi connectivity index (χ0) is 11.1. The third-order valence-corrected chi connectivity index (χ3v) is 1.66. The molecule has 1 aromatic heterocycles. The van der Waals surface area contributed by atoms with Gasteiger partial charge in [0.2, 0.25) is 5.91 Å². The Kier molecular flexibility index (Phi) is 4.27. The van der Waals surface area contributed by atoms with Gasteiger partial charge in [0.25, 0.3) is 5.91 Å². The summed E-state index contributed by atoms with van der Waals surface area (Å²) in [5.41, 5.74) is 0.214. The molecule has 0 spiro atoms. The van der Waals surface area contributed by atoms with E-state index in [-0.39, 0.29) is 30.5 Å². The average Bonchev–Trinajstić information content (AvgIpc) is 2.70. The number of aromatic amines is 1. The van der Waals surface area contributed by atoms with Crippen molar-refractivity contribution >= 4 is 11.8 Å². The summed E-state index contributed by atoms with van der Waals surface area (Å²) in [6, 6.07) is 0. The Morgan fingerprint density at radius 1 is 1.47 bits per heavy atom. The maximum Gasteiger partial charge on any atom is 0.273 e. The molecule has 1 heterocycles. The van der Waals surface area contributed by atoms with Gasteiger partial charge in [-0.15, -0.1) is 0 Å². The Hall–Kier alpha value is -1.92. The van der Waals surface area contributed by atoms with Crippen molar-refractivity contribution in [3.05, 3.63) is 11.9 Å². The second kappa shape index (κ2) is 5.74. The minimum absolute atomic E-state index is 0.0852. The van der Waals surface area contributed by atoms with Crippen molar-refractivity contribution in [3.8, 4) is 0 Å². The van der Waals surface area contributed by atoms with E-state index in [1.807, 2.05) is 6.92 Å². The predicted octanol–water partition coefficient (Wildman–Crippen LogP) is -0.939. The van der Waals surface area contributed by atoms with E-state index in [1.54, 1.807) is 0 Å². The third-order valence-electron chi connectivity index (χ3n) is 1.66. The van der Waals surface area contributed by atoms with Gasteiger partial charge in [-0.2, -0.15) is 15.4 Å². The summed E-state index contributed by atoms with van der Waals surface area (Å²) in [5.74, 6) is -0.425. The van der Waals surface area contributed by atoms with Crippen LogP contribution in [0.15, 0.2) is 6.20 Å². The maximum atomic E-state index is 11.3. The van der Waals surface area contributed by atoms with Crippen molar-refractivity contribution in [2.24, 2.45) is 0 Å². The van der Waals surface area contributed by atoms with Crippen LogP contribution in [0.3, 0.4) is 0 Å². The van der Waals surface area contributed by atoms with Crippen molar-refractivity contribution in [2.75, 3.05) is 13.1 Å². The highest BCUT2D eigenvalue weighted by Crippen LogP contribution is 1.88. The summed E-state index contributed by atoms with van der Waals surface area (Å²) in [4.78, 5) is 22.3. The molecule has 0 bridgehead atoms. The number of H-pyrrole nitrogens is 1. The van der Waals surface area contributed by atoms with Gasteiger partial charge in [0.1, 0.15) is 0 Å². The summed E-state index contributed by atoms with van der Waals surface area (Å²) < 4.78 is 0. The molecule has 3 N–H and O–H groups in total. The van der Waals surface area contributed by atoms with Crippen LogP contribution in [0.5, 0.6) is 0 Å². The molecule has 0 aromatic carbocycles. The van der Waals surface area contributed by atoms with Crippen LogP contribution < -0.4 is 10.6 Å². The van der Waals surface area contributed by atoms with Gasteiger partial charge in [0, 0.05) is 19.5 Å². The molecule has 7 heteroatoms. The fourth-order valence-electron chi connectivity index (χ4n) is 0.977. The monoisotopic (exact) mass is 211 g/mol. The molecule has 0 unspecified atom stereocenters. The Balaban J connectivity index is 2.21. The first-order chi connectivity index (χ1) is 7.24. The zero-order valence-corrected chi connectivity index (χ0v) is 8.41. The molecule has 0 aliphatic rings. The molecule has 0 saturated heterocycles. The van der Waals surface area contributed by atoms with E-state index in [9.17, 15) is 9.59 Å². The highest BCUT2D eigenvalue weighted by atomic mass is 16.2. The van der Waals surface area contributed by atoms with E-state index in [2.05, 4.69) is 26.0 Å². The van der Waals surface area contributed by atoms with Gasteiger partial charge < -0.3 is 10.6 Å². The maximum absolute atomic E-state index is 11.3. The van der Waals surface area contributed by atoms with E-state index in [0.29, 0.717) is 6.54 Å². The lowest BCUT2D eigenvalue weighted by atomic mass is 10.3. The minimum atomic E-state index is -0.340. The van der Waals surface area contributed by atoms with Crippen molar-refractivity contribution < 1.29 is 9.59 Å². The first kappa shape index (κ1) is 11.2. The van der Waals surface area contributed by atoms with E-state index >= 15 is 0 Å². The first-order valence-electron chi connectivity index (χ1n) is 4.64. The quantitative estimate of drug-likeness (QED) is 0.585. The van der Waals surface area contributed by atoms with Gasteiger partial charge >= 0.3 is 0 Å². The summed E-state index contributed by atoms with van der Waals surface area (Å²) in [6.07, 6.45) is 1.58. The van der Waals surface area contributed by atoms with Crippen LogP contribution in [0.4, 0.5) is 0 Å². The lowest BCUT2D eigenvalue weighted by Gasteiger charge is -2.02. The topological polar surface area (TPSA) is 99.8 Å². The molecular formula is C8H13N5O2. The smallest absolute Gasteiger partial charge is 0.273 e. The third kappa shape index (κ3) is 3.75. The van der Waals surface area contributed by atoms with Crippen LogP contribution in [0.25, 0.3) is 0 Å². The van der Waals surface area contributed by atoms with Crippen molar-refractivity contribution in [1.82, 2.24) is 26.0 Å². The number of hydrogen-bond acceptors (Lipinski definition) is 4. The normalized spacial score (nSPS) is 9.67. The summed E-state index contributed by atoms with van der Waals surface area (Å²) >= 11 is 0. The lowest BCUT2D eigenvalue weighted by Crippen LogP contribution is -2.30. The van der Waals surface area contributed by atoms with Crippen LogP contribution in [-0.4, -0.2) is 40.3 Å². The second-order valence-corrected chi connectivity index (χ2v) is 2.81. The van der Waals surface area contributed by atoms with Gasteiger partial charge in [-0.1, -0.05) is 0 Å². The predicted molar refractivity (Wildman–Crippen MR) is 52.0 cm³/mol. The summed E-state index contributed by atoms with van der Waals surface area (Å²) in [7, 11) is 0. The van der Waals surface area contributed by atoms with Crippen LogP contribution in [0.2, 0.25) is 0 Å². The lowest BCUT2D eigenvalue weighted by molar-refractivity contribution is -0.120. The fourth-order valence-corrected chi connectivity index (χ4v) is 0.977. The number of carbonyl (C=O) groups is 2. The van der Waals surface area contributed by atoms with E-state index in [0.717, 1.165) is 0 Å². The van der Waals surface area contributed by atoms with E-state index in [1.165, 1.54) is 6.20 Å². The van der Waals surface area contributed by atoms with Crippen LogP contribution in [0, 0.1) is 0 Å². The Morgan fingerprint density at radius 2 is 2.27 bits per heavy atom. The van der Waals surface area contributed by atoms with Gasteiger partial charge in [0.15, 0.2) is 5.69 Å². The highest BCUT2D eigenvalue weighted by Gasteiger charge is 2.08. The number of hydrogen-bond donors (Lipinski definition) is 3. The fraction of sp³-hybridized carbons (Fsp3) is 0.500. The van der Waals surface area contributed by atoms with E-state index < -0.39 is 0 Å². The molecular weight excluding hydrogens is 198 g/mol. The molecule has 15 heavy (non-hydrogen) atoms. The molecule has 0 saturated carbocycles. The largest absolute Gasteiger partial charge is 0.356 e.